The van der Waals surface area contributed by atoms with Gasteiger partial charge < -0.3 is 14.7 Å². The van der Waals surface area contributed by atoms with E-state index < -0.39 is 23.7 Å². The fourth-order valence-corrected chi connectivity index (χ4v) is 3.43. The normalized spacial score (nSPS) is 16.3. The number of nitrogens with zero attached hydrogens (tertiary/aromatic N) is 2. The summed E-state index contributed by atoms with van der Waals surface area (Å²) in [4.78, 5) is 43.0. The van der Waals surface area contributed by atoms with Gasteiger partial charge in [-0.1, -0.05) is 26.0 Å². The largest absolute Gasteiger partial charge is 0.503 e. The maximum absolute atomic E-state index is 12.9. The highest BCUT2D eigenvalue weighted by atomic mass is 16.5. The Hall–Kier alpha value is -3.48. The Bertz CT molecular complexity index is 980. The van der Waals surface area contributed by atoms with Crippen molar-refractivity contribution in [3.05, 3.63) is 76.8 Å². The van der Waals surface area contributed by atoms with E-state index in [0.29, 0.717) is 11.1 Å². The van der Waals surface area contributed by atoms with Crippen LogP contribution in [0.15, 0.2) is 60.1 Å². The van der Waals surface area contributed by atoms with Gasteiger partial charge in [0, 0.05) is 24.9 Å². The van der Waals surface area contributed by atoms with E-state index in [1.807, 2.05) is 0 Å². The van der Waals surface area contributed by atoms with Crippen molar-refractivity contribution in [2.45, 2.75) is 33.4 Å². The Morgan fingerprint density at radius 2 is 1.77 bits per heavy atom. The number of hydrogen-bond donors (Lipinski definition) is 1. The van der Waals surface area contributed by atoms with Crippen LogP contribution in [0.1, 0.15) is 48.3 Å². The highest BCUT2D eigenvalue weighted by Gasteiger charge is 2.43. The number of ketones is 1. The molecule has 1 aromatic heterocycles. The van der Waals surface area contributed by atoms with E-state index in [1.165, 1.54) is 4.90 Å². The lowest BCUT2D eigenvalue weighted by atomic mass is 9.91. The predicted octanol–water partition coefficient (Wildman–Crippen LogP) is 3.38. The first-order valence-corrected chi connectivity index (χ1v) is 9.79. The number of carbonyl (C=O) groups excluding carboxylic acids is 3. The molecule has 7 heteroatoms. The molecule has 1 atom stereocenters. The summed E-state index contributed by atoms with van der Waals surface area (Å²) in [5, 5.41) is 10.5. The molecule has 0 spiro atoms. The Morgan fingerprint density at radius 3 is 2.33 bits per heavy atom. The molecule has 1 N–H and O–H groups in total. The van der Waals surface area contributed by atoms with Crippen LogP contribution in [0.3, 0.4) is 0 Å². The van der Waals surface area contributed by atoms with Gasteiger partial charge in [0.15, 0.2) is 11.5 Å². The molecule has 1 unspecified atom stereocenters. The molecule has 2 heterocycles. The van der Waals surface area contributed by atoms with Crippen LogP contribution in [-0.2, 0) is 20.9 Å². The van der Waals surface area contributed by atoms with E-state index in [9.17, 15) is 19.5 Å². The van der Waals surface area contributed by atoms with Gasteiger partial charge in [-0.25, -0.2) is 4.79 Å². The van der Waals surface area contributed by atoms with Crippen LogP contribution in [0, 0.1) is 5.92 Å². The molecule has 0 saturated heterocycles. The van der Waals surface area contributed by atoms with E-state index in [-0.39, 0.29) is 30.4 Å². The standard InChI is InChI=1S/C23H24N2O5/c1-4-30-23(29)17-7-5-15(6-8-17)13-25-19(16-9-11-24-12-10-16)18(20(26)14(2)3)21(27)22(25)28/h5-12,14,19,27H,4,13H2,1-3H3. The third-order valence-electron chi connectivity index (χ3n) is 4.93. The SMILES string of the molecule is CCOC(=O)c1ccc(CN2C(=O)C(O)=C(C(=O)C(C)C)C2c2ccncc2)cc1. The second kappa shape index (κ2) is 8.90. The second-order valence-electron chi connectivity index (χ2n) is 7.31. The lowest BCUT2D eigenvalue weighted by Gasteiger charge is -2.27. The number of ether oxygens (including phenoxy) is 1. The number of aliphatic hydroxyl groups is 1. The first-order valence-electron chi connectivity index (χ1n) is 9.79. The number of rotatable bonds is 7. The molecule has 0 aliphatic carbocycles. The third kappa shape index (κ3) is 4.10. The van der Waals surface area contributed by atoms with Crippen LogP contribution in [0.25, 0.3) is 0 Å². The highest BCUT2D eigenvalue weighted by Crippen LogP contribution is 2.39. The van der Waals surface area contributed by atoms with E-state index in [0.717, 1.165) is 5.56 Å². The lowest BCUT2D eigenvalue weighted by Crippen LogP contribution is -2.31. The fourth-order valence-electron chi connectivity index (χ4n) is 3.43. The number of Topliss-reactive ketones (excluding diaryl/α,β-unsaturated/α-hetero) is 1. The quantitative estimate of drug-likeness (QED) is 0.706. The van der Waals surface area contributed by atoms with Gasteiger partial charge >= 0.3 is 5.97 Å². The molecule has 1 aromatic carbocycles. The first kappa shape index (κ1) is 21.2. The zero-order valence-electron chi connectivity index (χ0n) is 17.2. The molecule has 1 amide bonds. The number of esters is 1. The first-order chi connectivity index (χ1) is 14.3. The summed E-state index contributed by atoms with van der Waals surface area (Å²) in [5.41, 5.74) is 1.95. The highest BCUT2D eigenvalue weighted by molar-refractivity contribution is 6.09. The summed E-state index contributed by atoms with van der Waals surface area (Å²) in [7, 11) is 0. The van der Waals surface area contributed by atoms with Gasteiger partial charge in [-0.2, -0.15) is 0 Å². The minimum Gasteiger partial charge on any atom is -0.503 e. The molecular weight excluding hydrogens is 384 g/mol. The Balaban J connectivity index is 1.94. The van der Waals surface area contributed by atoms with Crippen molar-refractivity contribution in [2.75, 3.05) is 6.61 Å². The molecule has 2 aromatic rings. The molecule has 0 bridgehead atoms. The molecule has 30 heavy (non-hydrogen) atoms. The summed E-state index contributed by atoms with van der Waals surface area (Å²) in [6.45, 7) is 5.64. The van der Waals surface area contributed by atoms with E-state index in [2.05, 4.69) is 4.98 Å². The monoisotopic (exact) mass is 408 g/mol. The smallest absolute Gasteiger partial charge is 0.338 e. The summed E-state index contributed by atoms with van der Waals surface area (Å²) < 4.78 is 4.98. The molecule has 7 nitrogen and oxygen atoms in total. The van der Waals surface area contributed by atoms with Crippen LogP contribution in [0.2, 0.25) is 0 Å². The second-order valence-corrected chi connectivity index (χ2v) is 7.31. The van der Waals surface area contributed by atoms with Crippen LogP contribution < -0.4 is 0 Å². The van der Waals surface area contributed by atoms with Gasteiger partial charge in [-0.3, -0.25) is 14.6 Å². The van der Waals surface area contributed by atoms with Crippen LogP contribution >= 0.6 is 0 Å². The van der Waals surface area contributed by atoms with Gasteiger partial charge in [-0.05, 0) is 42.3 Å². The zero-order valence-corrected chi connectivity index (χ0v) is 17.2. The molecule has 0 radical (unpaired) electrons. The van der Waals surface area contributed by atoms with Gasteiger partial charge in [0.25, 0.3) is 5.91 Å². The van der Waals surface area contributed by atoms with Gasteiger partial charge in [0.1, 0.15) is 0 Å². The van der Waals surface area contributed by atoms with E-state index in [4.69, 9.17) is 4.74 Å². The van der Waals surface area contributed by atoms with Gasteiger partial charge in [0.05, 0.1) is 23.8 Å². The van der Waals surface area contributed by atoms with Gasteiger partial charge in [-0.15, -0.1) is 0 Å². The van der Waals surface area contributed by atoms with E-state index in [1.54, 1.807) is 69.6 Å². The molecule has 3 rings (SSSR count). The van der Waals surface area contributed by atoms with Crippen molar-refractivity contribution in [1.29, 1.82) is 0 Å². The van der Waals surface area contributed by atoms with Crippen molar-refractivity contribution in [1.82, 2.24) is 9.88 Å². The number of aromatic nitrogens is 1. The predicted molar refractivity (Wildman–Crippen MR) is 109 cm³/mol. The number of pyridine rings is 1. The minimum absolute atomic E-state index is 0.101. The molecule has 0 fully saturated rings. The molecule has 0 saturated carbocycles. The number of amides is 1. The number of aliphatic hydroxyl groups excluding tert-OH is 1. The minimum atomic E-state index is -0.708. The number of carbonyl (C=O) groups is 3. The summed E-state index contributed by atoms with van der Waals surface area (Å²) in [6.07, 6.45) is 3.16. The molecule has 1 aliphatic rings. The Kier molecular flexibility index (Phi) is 6.30. The van der Waals surface area contributed by atoms with Gasteiger partial charge in [0.2, 0.25) is 0 Å². The van der Waals surface area contributed by atoms with E-state index >= 15 is 0 Å². The molecule has 1 aliphatic heterocycles. The summed E-state index contributed by atoms with van der Waals surface area (Å²) >= 11 is 0. The number of benzene rings is 1. The maximum atomic E-state index is 12.9. The zero-order chi connectivity index (χ0) is 21.8. The maximum Gasteiger partial charge on any atom is 0.338 e. The summed E-state index contributed by atoms with van der Waals surface area (Å²) in [6, 6.07) is 9.44. The van der Waals surface area contributed by atoms with Crippen LogP contribution in [0.4, 0.5) is 0 Å². The average Bonchev–Trinajstić information content (AvgIpc) is 2.99. The lowest BCUT2D eigenvalue weighted by molar-refractivity contribution is -0.130. The molecular formula is C23H24N2O5. The van der Waals surface area contributed by atoms with Crippen molar-refractivity contribution in [3.63, 3.8) is 0 Å². The Labute approximate surface area is 175 Å². The molecule has 156 valence electrons. The van der Waals surface area contributed by atoms with Crippen LogP contribution in [0.5, 0.6) is 0 Å². The topological polar surface area (TPSA) is 96.8 Å². The van der Waals surface area contributed by atoms with Crippen molar-refractivity contribution < 1.29 is 24.2 Å². The van der Waals surface area contributed by atoms with Crippen molar-refractivity contribution in [2.24, 2.45) is 5.92 Å². The van der Waals surface area contributed by atoms with Crippen molar-refractivity contribution >= 4 is 17.7 Å². The third-order valence-corrected chi connectivity index (χ3v) is 4.93. The number of hydrogen-bond acceptors (Lipinski definition) is 6. The Morgan fingerprint density at radius 1 is 1.13 bits per heavy atom. The average molecular weight is 408 g/mol. The van der Waals surface area contributed by atoms with Crippen LogP contribution in [-0.4, -0.2) is 39.3 Å². The van der Waals surface area contributed by atoms with Crippen molar-refractivity contribution in [3.8, 4) is 0 Å². The summed E-state index contributed by atoms with van der Waals surface area (Å²) in [5.74, 6) is -2.18. The fraction of sp³-hybridized carbons (Fsp3) is 0.304.